The van der Waals surface area contributed by atoms with Gasteiger partial charge in [0.2, 0.25) is 0 Å². The lowest BCUT2D eigenvalue weighted by atomic mass is 9.70. The molecule has 0 aromatic rings. The maximum absolute atomic E-state index is 12.7. The van der Waals surface area contributed by atoms with Crippen LogP contribution in [0.5, 0.6) is 0 Å². The minimum absolute atomic E-state index is 0.0804. The van der Waals surface area contributed by atoms with Gasteiger partial charge in [0.1, 0.15) is 5.66 Å². The lowest BCUT2D eigenvalue weighted by Crippen LogP contribution is -2.53. The zero-order chi connectivity index (χ0) is 18.6. The Hall–Kier alpha value is -1.82. The van der Waals surface area contributed by atoms with E-state index in [2.05, 4.69) is 4.90 Å². The van der Waals surface area contributed by atoms with Crippen molar-refractivity contribution in [1.29, 1.82) is 0 Å². The summed E-state index contributed by atoms with van der Waals surface area (Å²) in [6.45, 7) is 0. The number of ketones is 1. The van der Waals surface area contributed by atoms with Crippen molar-refractivity contribution in [3.05, 3.63) is 34.0 Å². The molecule has 0 aromatic carbocycles. The third-order valence-corrected chi connectivity index (χ3v) is 7.67. The molecule has 2 atom stereocenters. The minimum Gasteiger partial charge on any atom is -0.481 e. The first-order valence-electron chi connectivity index (χ1n) is 10.0. The Morgan fingerprint density at radius 2 is 2.11 bits per heavy atom. The van der Waals surface area contributed by atoms with Gasteiger partial charge in [0.15, 0.2) is 5.78 Å². The lowest BCUT2D eigenvalue weighted by molar-refractivity contribution is -0.133. The molecule has 0 bridgehead atoms. The van der Waals surface area contributed by atoms with E-state index in [0.29, 0.717) is 10.8 Å². The third-order valence-electron chi connectivity index (χ3n) is 6.65. The molecule has 1 N–H and O–H groups in total. The fraction of sp³-hybridized carbons (Fsp3) is 0.571. The molecule has 5 aliphatic rings. The molecule has 3 aliphatic carbocycles. The number of aliphatic carboxylic acids is 1. The first-order valence-corrected chi connectivity index (χ1v) is 11.0. The molecule has 1 saturated carbocycles. The molecular weight excluding hydrogens is 360 g/mol. The van der Waals surface area contributed by atoms with Crippen molar-refractivity contribution in [3.8, 4) is 0 Å². The Bertz CT molecular complexity index is 853. The average molecular weight is 385 g/mol. The quantitative estimate of drug-likeness (QED) is 0.744. The number of hydrogen-bond acceptors (Lipinski definition) is 5. The van der Waals surface area contributed by atoms with Gasteiger partial charge in [-0.2, -0.15) is 0 Å². The molecule has 2 heterocycles. The Balaban J connectivity index is 1.58. The van der Waals surface area contributed by atoms with Crippen LogP contribution < -0.4 is 0 Å². The van der Waals surface area contributed by atoms with Gasteiger partial charge in [-0.25, -0.2) is 0 Å². The summed E-state index contributed by atoms with van der Waals surface area (Å²) in [5.74, 6) is -0.554. The first kappa shape index (κ1) is 17.3. The monoisotopic (exact) mass is 384 g/mol. The first-order chi connectivity index (χ1) is 13.1. The number of fused-ring (bicyclic) bond motifs is 3. The highest BCUT2D eigenvalue weighted by atomic mass is 32.2. The van der Waals surface area contributed by atoms with Crippen LogP contribution >= 0.6 is 11.8 Å². The molecule has 27 heavy (non-hydrogen) atoms. The van der Waals surface area contributed by atoms with Gasteiger partial charge in [-0.05, 0) is 57.4 Å². The Labute approximate surface area is 163 Å². The van der Waals surface area contributed by atoms with E-state index in [1.807, 2.05) is 6.08 Å². The molecule has 0 unspecified atom stereocenters. The highest BCUT2D eigenvalue weighted by molar-refractivity contribution is 8.04. The minimum atomic E-state index is -0.905. The van der Waals surface area contributed by atoms with Gasteiger partial charge < -0.3 is 10.0 Å². The smallest absolute Gasteiger partial charge is 0.313 e. The highest BCUT2D eigenvalue weighted by Crippen LogP contribution is 2.56. The van der Waals surface area contributed by atoms with Crippen molar-refractivity contribution in [2.75, 3.05) is 5.75 Å². The molecule has 0 amide bonds. The largest absolute Gasteiger partial charge is 0.481 e. The van der Waals surface area contributed by atoms with E-state index < -0.39 is 5.97 Å². The highest BCUT2D eigenvalue weighted by Gasteiger charge is 2.55. The summed E-state index contributed by atoms with van der Waals surface area (Å²) in [5, 5.41) is 8.95. The lowest BCUT2D eigenvalue weighted by Gasteiger charge is -2.52. The standard InChI is InChI=1S/C21H24N2O3S/c24-18-11-17-15(10-19(18)27-12-20(25)26)22-21-8-4-3-6-14(21)9-13-5-1-2-7-16(13)23(17)21/h10-11,14H,1-9,12H2,(H,25,26)/t14-,21-/m1/s1. The predicted molar refractivity (Wildman–Crippen MR) is 105 cm³/mol. The van der Waals surface area contributed by atoms with Crippen molar-refractivity contribution in [2.45, 2.75) is 63.5 Å². The van der Waals surface area contributed by atoms with Gasteiger partial charge in [0, 0.05) is 17.7 Å². The fourth-order valence-electron chi connectivity index (χ4n) is 5.56. The van der Waals surface area contributed by atoms with Gasteiger partial charge >= 0.3 is 5.97 Å². The van der Waals surface area contributed by atoms with Crippen LogP contribution in [0.25, 0.3) is 0 Å². The van der Waals surface area contributed by atoms with E-state index in [4.69, 9.17) is 10.1 Å². The zero-order valence-corrected chi connectivity index (χ0v) is 16.2. The molecule has 142 valence electrons. The van der Waals surface area contributed by atoms with Crippen molar-refractivity contribution in [3.63, 3.8) is 0 Å². The summed E-state index contributed by atoms with van der Waals surface area (Å²) >= 11 is 1.10. The number of thioether (sulfide) groups is 1. The second kappa shape index (κ2) is 6.36. The molecule has 1 fully saturated rings. The molecule has 0 aromatic heterocycles. The molecule has 0 saturated heterocycles. The number of aliphatic imine (C=N–C) groups is 1. The third kappa shape index (κ3) is 2.64. The molecule has 2 aliphatic heterocycles. The van der Waals surface area contributed by atoms with Crippen LogP contribution in [0, 0.1) is 5.92 Å². The van der Waals surface area contributed by atoms with E-state index in [9.17, 15) is 9.59 Å². The molecule has 1 spiro atoms. The number of allylic oxidation sites excluding steroid dienone is 5. The van der Waals surface area contributed by atoms with Crippen molar-refractivity contribution in [1.82, 2.24) is 4.90 Å². The van der Waals surface area contributed by atoms with Crippen molar-refractivity contribution in [2.24, 2.45) is 10.9 Å². The van der Waals surface area contributed by atoms with Crippen LogP contribution in [0.3, 0.4) is 0 Å². The van der Waals surface area contributed by atoms with Crippen LogP contribution in [-0.4, -0.2) is 38.9 Å². The predicted octanol–water partition coefficient (Wildman–Crippen LogP) is 4.03. The number of carboxylic acid groups (broad SMARTS) is 1. The number of carbonyl (C=O) groups excluding carboxylic acids is 1. The molecule has 5 nitrogen and oxygen atoms in total. The number of carboxylic acids is 1. The summed E-state index contributed by atoms with van der Waals surface area (Å²) in [6, 6.07) is 0. The van der Waals surface area contributed by atoms with Gasteiger partial charge in [-0.1, -0.05) is 12.0 Å². The van der Waals surface area contributed by atoms with Crippen LogP contribution in [0.2, 0.25) is 0 Å². The summed E-state index contributed by atoms with van der Waals surface area (Å²) in [5.41, 5.74) is 4.64. The Morgan fingerprint density at radius 1 is 1.26 bits per heavy atom. The molecular formula is C21H24N2O3S. The van der Waals surface area contributed by atoms with Crippen LogP contribution in [-0.2, 0) is 9.59 Å². The van der Waals surface area contributed by atoms with Gasteiger partial charge in [-0.15, -0.1) is 11.8 Å². The van der Waals surface area contributed by atoms with E-state index in [-0.39, 0.29) is 17.2 Å². The summed E-state index contributed by atoms with van der Waals surface area (Å²) in [7, 11) is 0. The van der Waals surface area contributed by atoms with E-state index >= 15 is 0 Å². The summed E-state index contributed by atoms with van der Waals surface area (Å²) in [4.78, 5) is 31.8. The zero-order valence-electron chi connectivity index (χ0n) is 15.4. The van der Waals surface area contributed by atoms with E-state index in [1.54, 1.807) is 11.6 Å². The second-order valence-electron chi connectivity index (χ2n) is 8.20. The maximum atomic E-state index is 12.7. The van der Waals surface area contributed by atoms with E-state index in [1.165, 1.54) is 44.2 Å². The normalized spacial score (nSPS) is 32.0. The molecule has 6 heteroatoms. The molecule has 0 radical (unpaired) electrons. The SMILES string of the molecule is O=C(O)CSC1=CC2=N[C@@]34CCCC[C@@H]3CC3=C(CCCC3)N4C2=CC1=O. The van der Waals surface area contributed by atoms with Crippen LogP contribution in [0.1, 0.15) is 57.8 Å². The molecule has 5 rings (SSSR count). The second-order valence-corrected chi connectivity index (χ2v) is 9.22. The van der Waals surface area contributed by atoms with Gasteiger partial charge in [-0.3, -0.25) is 14.6 Å². The average Bonchev–Trinajstić information content (AvgIpc) is 2.97. The Morgan fingerprint density at radius 3 is 2.96 bits per heavy atom. The fourth-order valence-corrected chi connectivity index (χ4v) is 6.24. The topological polar surface area (TPSA) is 70.0 Å². The van der Waals surface area contributed by atoms with Crippen LogP contribution in [0.4, 0.5) is 0 Å². The summed E-state index contributed by atoms with van der Waals surface area (Å²) in [6.07, 6.45) is 14.2. The Kier molecular flexibility index (Phi) is 4.08. The summed E-state index contributed by atoms with van der Waals surface area (Å²) < 4.78 is 0. The van der Waals surface area contributed by atoms with Gasteiger partial charge in [0.25, 0.3) is 0 Å². The number of rotatable bonds is 3. The van der Waals surface area contributed by atoms with Crippen LogP contribution in [0.15, 0.2) is 39.0 Å². The number of hydrogen-bond donors (Lipinski definition) is 1. The number of carbonyl (C=O) groups is 2. The van der Waals surface area contributed by atoms with Crippen molar-refractivity contribution >= 4 is 29.2 Å². The number of nitrogens with zero attached hydrogens (tertiary/aromatic N) is 2. The van der Waals surface area contributed by atoms with E-state index in [0.717, 1.165) is 42.4 Å². The maximum Gasteiger partial charge on any atom is 0.313 e. The van der Waals surface area contributed by atoms with Crippen molar-refractivity contribution < 1.29 is 14.7 Å². The van der Waals surface area contributed by atoms with Gasteiger partial charge in [0.05, 0.1) is 22.1 Å².